The standard InChI is InChI=1S/C18H11Cl3N2O4/c1-27-15-5-2-9(7-13(15)21)6-11-16(24)22-18(26)23(17(11)25)14-4-3-10(19)8-12(14)20/h2-8H,1H3,(H,22,24,26)/b11-6-. The first-order valence-electron chi connectivity index (χ1n) is 7.52. The van der Waals surface area contributed by atoms with Crippen LogP contribution in [0.2, 0.25) is 15.1 Å². The molecule has 0 unspecified atom stereocenters. The van der Waals surface area contributed by atoms with Gasteiger partial charge in [-0.1, -0.05) is 40.9 Å². The number of ether oxygens (including phenoxy) is 1. The zero-order valence-corrected chi connectivity index (χ0v) is 16.0. The van der Waals surface area contributed by atoms with Gasteiger partial charge in [-0.25, -0.2) is 9.69 Å². The number of urea groups is 1. The minimum Gasteiger partial charge on any atom is -0.495 e. The fourth-order valence-corrected chi connectivity index (χ4v) is 3.24. The molecule has 1 aliphatic heterocycles. The third-order valence-corrected chi connectivity index (χ3v) is 4.57. The van der Waals surface area contributed by atoms with Crippen LogP contribution in [0, 0.1) is 0 Å². The van der Waals surface area contributed by atoms with Crippen LogP contribution in [0.3, 0.4) is 0 Å². The Morgan fingerprint density at radius 1 is 1.00 bits per heavy atom. The summed E-state index contributed by atoms with van der Waals surface area (Å²) in [6.07, 6.45) is 1.33. The van der Waals surface area contributed by atoms with Gasteiger partial charge in [-0.15, -0.1) is 0 Å². The van der Waals surface area contributed by atoms with Gasteiger partial charge >= 0.3 is 6.03 Å². The molecule has 0 saturated carbocycles. The molecule has 1 N–H and O–H groups in total. The molecule has 1 saturated heterocycles. The van der Waals surface area contributed by atoms with Crippen molar-refractivity contribution < 1.29 is 19.1 Å². The number of anilines is 1. The number of barbiturate groups is 1. The van der Waals surface area contributed by atoms with Crippen LogP contribution in [0.5, 0.6) is 5.75 Å². The predicted octanol–water partition coefficient (Wildman–Crippen LogP) is 4.32. The van der Waals surface area contributed by atoms with E-state index >= 15 is 0 Å². The SMILES string of the molecule is COc1ccc(/C=C2/C(=O)NC(=O)N(c3ccc(Cl)cc3Cl)C2=O)cc1Cl. The number of methoxy groups -OCH3 is 1. The van der Waals surface area contributed by atoms with Crippen molar-refractivity contribution in [2.24, 2.45) is 0 Å². The van der Waals surface area contributed by atoms with Crippen LogP contribution in [0.1, 0.15) is 5.56 Å². The smallest absolute Gasteiger partial charge is 0.335 e. The van der Waals surface area contributed by atoms with Gasteiger partial charge in [-0.2, -0.15) is 0 Å². The number of hydrogen-bond donors (Lipinski definition) is 1. The highest BCUT2D eigenvalue weighted by Crippen LogP contribution is 2.32. The van der Waals surface area contributed by atoms with E-state index in [1.807, 2.05) is 0 Å². The maximum absolute atomic E-state index is 12.8. The van der Waals surface area contributed by atoms with Crippen molar-refractivity contribution in [3.63, 3.8) is 0 Å². The zero-order chi connectivity index (χ0) is 19.7. The summed E-state index contributed by atoms with van der Waals surface area (Å²) in [6.45, 7) is 0. The summed E-state index contributed by atoms with van der Waals surface area (Å²) < 4.78 is 5.07. The first-order chi connectivity index (χ1) is 12.8. The lowest BCUT2D eigenvalue weighted by Gasteiger charge is -2.27. The largest absolute Gasteiger partial charge is 0.495 e. The molecule has 3 rings (SSSR count). The molecule has 0 aromatic heterocycles. The number of carbonyl (C=O) groups is 3. The molecule has 1 fully saturated rings. The average molecular weight is 426 g/mol. The second-order valence-electron chi connectivity index (χ2n) is 5.45. The maximum Gasteiger partial charge on any atom is 0.335 e. The van der Waals surface area contributed by atoms with E-state index in [1.54, 1.807) is 12.1 Å². The van der Waals surface area contributed by atoms with Gasteiger partial charge in [-0.3, -0.25) is 14.9 Å². The fourth-order valence-electron chi connectivity index (χ4n) is 2.48. The summed E-state index contributed by atoms with van der Waals surface area (Å²) >= 11 is 18.0. The molecule has 2 aromatic rings. The summed E-state index contributed by atoms with van der Waals surface area (Å²) in [6, 6.07) is 8.13. The maximum atomic E-state index is 12.8. The minimum atomic E-state index is -0.904. The summed E-state index contributed by atoms with van der Waals surface area (Å²) in [5.74, 6) is -1.19. The van der Waals surface area contributed by atoms with Gasteiger partial charge in [0.05, 0.1) is 22.8 Å². The van der Waals surface area contributed by atoms with E-state index in [4.69, 9.17) is 39.5 Å². The molecule has 6 nitrogen and oxygen atoms in total. The van der Waals surface area contributed by atoms with Gasteiger partial charge in [0.1, 0.15) is 11.3 Å². The highest BCUT2D eigenvalue weighted by molar-refractivity contribution is 6.42. The molecule has 0 radical (unpaired) electrons. The number of rotatable bonds is 3. The Hall–Kier alpha value is -2.54. The van der Waals surface area contributed by atoms with E-state index in [9.17, 15) is 14.4 Å². The lowest BCUT2D eigenvalue weighted by atomic mass is 10.1. The fraction of sp³-hybridized carbons (Fsp3) is 0.0556. The van der Waals surface area contributed by atoms with Crippen LogP contribution in [0.4, 0.5) is 10.5 Å². The number of imide groups is 2. The van der Waals surface area contributed by atoms with Crippen molar-refractivity contribution in [2.75, 3.05) is 12.0 Å². The Bertz CT molecular complexity index is 1000. The topological polar surface area (TPSA) is 75.7 Å². The molecule has 138 valence electrons. The number of halogens is 3. The summed E-state index contributed by atoms with van der Waals surface area (Å²) in [4.78, 5) is 38.0. The molecule has 0 spiro atoms. The van der Waals surface area contributed by atoms with E-state index in [1.165, 1.54) is 37.5 Å². The van der Waals surface area contributed by atoms with Crippen LogP contribution in [-0.4, -0.2) is 25.0 Å². The molecule has 0 bridgehead atoms. The van der Waals surface area contributed by atoms with Crippen molar-refractivity contribution in [2.45, 2.75) is 0 Å². The van der Waals surface area contributed by atoms with Crippen LogP contribution >= 0.6 is 34.8 Å². The quantitative estimate of drug-likeness (QED) is 0.587. The predicted molar refractivity (Wildman–Crippen MR) is 103 cm³/mol. The van der Waals surface area contributed by atoms with E-state index in [0.717, 1.165) is 4.90 Å². The van der Waals surface area contributed by atoms with Gasteiger partial charge in [0, 0.05) is 5.02 Å². The van der Waals surface area contributed by atoms with Crippen molar-refractivity contribution in [3.8, 4) is 5.75 Å². The molecule has 0 aliphatic carbocycles. The molecule has 2 aromatic carbocycles. The second kappa shape index (κ2) is 7.60. The Morgan fingerprint density at radius 2 is 1.74 bits per heavy atom. The van der Waals surface area contributed by atoms with Crippen molar-refractivity contribution in [3.05, 3.63) is 62.6 Å². The van der Waals surface area contributed by atoms with Gasteiger partial charge in [0.15, 0.2) is 0 Å². The molecule has 9 heteroatoms. The average Bonchev–Trinajstić information content (AvgIpc) is 2.60. The van der Waals surface area contributed by atoms with E-state index in [-0.39, 0.29) is 16.3 Å². The minimum absolute atomic E-state index is 0.0900. The number of nitrogens with one attached hydrogen (secondary N) is 1. The van der Waals surface area contributed by atoms with Gasteiger partial charge in [0.25, 0.3) is 11.8 Å². The highest BCUT2D eigenvalue weighted by atomic mass is 35.5. The van der Waals surface area contributed by atoms with Gasteiger partial charge in [0.2, 0.25) is 0 Å². The summed E-state index contributed by atoms with van der Waals surface area (Å²) in [5, 5.41) is 2.86. The molecular formula is C18H11Cl3N2O4. The number of carbonyl (C=O) groups excluding carboxylic acids is 3. The zero-order valence-electron chi connectivity index (χ0n) is 13.8. The Labute approximate surface area is 169 Å². The monoisotopic (exact) mass is 424 g/mol. The Balaban J connectivity index is 2.03. The van der Waals surface area contributed by atoms with Crippen LogP contribution < -0.4 is 15.0 Å². The van der Waals surface area contributed by atoms with Crippen molar-refractivity contribution in [1.82, 2.24) is 5.32 Å². The van der Waals surface area contributed by atoms with Crippen LogP contribution in [0.25, 0.3) is 6.08 Å². The Kier molecular flexibility index (Phi) is 5.41. The lowest BCUT2D eigenvalue weighted by molar-refractivity contribution is -0.122. The molecule has 1 aliphatic rings. The first-order valence-corrected chi connectivity index (χ1v) is 8.65. The van der Waals surface area contributed by atoms with E-state index < -0.39 is 17.8 Å². The van der Waals surface area contributed by atoms with E-state index in [0.29, 0.717) is 21.4 Å². The summed E-state index contributed by atoms with van der Waals surface area (Å²) in [7, 11) is 1.47. The van der Waals surface area contributed by atoms with Crippen molar-refractivity contribution in [1.29, 1.82) is 0 Å². The number of hydrogen-bond acceptors (Lipinski definition) is 4. The molecule has 27 heavy (non-hydrogen) atoms. The number of nitrogens with zero attached hydrogens (tertiary/aromatic N) is 1. The molecule has 1 heterocycles. The third kappa shape index (κ3) is 3.78. The Morgan fingerprint density at radius 3 is 2.37 bits per heavy atom. The summed E-state index contributed by atoms with van der Waals surface area (Å²) in [5.41, 5.74) is 0.340. The first kappa shape index (κ1) is 19.2. The van der Waals surface area contributed by atoms with Crippen LogP contribution in [-0.2, 0) is 9.59 Å². The highest BCUT2D eigenvalue weighted by Gasteiger charge is 2.37. The normalized spacial score (nSPS) is 15.9. The van der Waals surface area contributed by atoms with E-state index in [2.05, 4.69) is 5.32 Å². The van der Waals surface area contributed by atoms with Crippen molar-refractivity contribution >= 4 is 64.4 Å². The number of benzene rings is 2. The number of amides is 4. The van der Waals surface area contributed by atoms with Gasteiger partial charge in [-0.05, 0) is 42.0 Å². The molecular weight excluding hydrogens is 415 g/mol. The third-order valence-electron chi connectivity index (χ3n) is 3.74. The van der Waals surface area contributed by atoms with Gasteiger partial charge < -0.3 is 4.74 Å². The molecule has 0 atom stereocenters. The second-order valence-corrected chi connectivity index (χ2v) is 6.70. The molecule has 4 amide bonds. The van der Waals surface area contributed by atoms with Crippen LogP contribution in [0.15, 0.2) is 42.0 Å². The lowest BCUT2D eigenvalue weighted by Crippen LogP contribution is -2.54.